The summed E-state index contributed by atoms with van der Waals surface area (Å²) < 4.78 is 5.49. The van der Waals surface area contributed by atoms with Gasteiger partial charge < -0.3 is 9.73 Å². The second-order valence-electron chi connectivity index (χ2n) is 4.37. The van der Waals surface area contributed by atoms with Crippen molar-refractivity contribution >= 4 is 17.3 Å². The summed E-state index contributed by atoms with van der Waals surface area (Å²) in [5.41, 5.74) is 2.78. The number of anilines is 1. The molecule has 0 aliphatic heterocycles. The van der Waals surface area contributed by atoms with Crippen LogP contribution in [0.1, 0.15) is 5.69 Å². The molecule has 1 heterocycles. The van der Waals surface area contributed by atoms with E-state index >= 15 is 0 Å². The Kier molecular flexibility index (Phi) is 3.70. The van der Waals surface area contributed by atoms with Crippen molar-refractivity contribution in [2.75, 3.05) is 5.32 Å². The molecular formula is C16H13ClN2O. The van der Waals surface area contributed by atoms with Crippen molar-refractivity contribution in [2.24, 2.45) is 0 Å². The van der Waals surface area contributed by atoms with E-state index in [9.17, 15) is 0 Å². The van der Waals surface area contributed by atoms with Crippen LogP contribution in [0.15, 0.2) is 65.3 Å². The van der Waals surface area contributed by atoms with Crippen LogP contribution in [0, 0.1) is 0 Å². The SMILES string of the molecule is Clc1cccc(NCc2coc(-c3ccccc3)n2)c1. The van der Waals surface area contributed by atoms with Gasteiger partial charge in [-0.25, -0.2) is 4.98 Å². The average Bonchev–Trinajstić information content (AvgIpc) is 2.95. The van der Waals surface area contributed by atoms with Gasteiger partial charge in [0.1, 0.15) is 6.26 Å². The number of hydrogen-bond donors (Lipinski definition) is 1. The van der Waals surface area contributed by atoms with E-state index in [-0.39, 0.29) is 0 Å². The lowest BCUT2D eigenvalue weighted by Gasteiger charge is -2.03. The number of nitrogens with one attached hydrogen (secondary N) is 1. The van der Waals surface area contributed by atoms with Gasteiger partial charge in [0.25, 0.3) is 0 Å². The molecule has 4 heteroatoms. The number of rotatable bonds is 4. The van der Waals surface area contributed by atoms with E-state index < -0.39 is 0 Å². The predicted molar refractivity (Wildman–Crippen MR) is 80.7 cm³/mol. The van der Waals surface area contributed by atoms with Crippen LogP contribution in [-0.4, -0.2) is 4.98 Å². The highest BCUT2D eigenvalue weighted by atomic mass is 35.5. The first-order valence-electron chi connectivity index (χ1n) is 6.30. The van der Waals surface area contributed by atoms with E-state index in [4.69, 9.17) is 16.0 Å². The summed E-state index contributed by atoms with van der Waals surface area (Å²) in [6.45, 7) is 0.594. The van der Waals surface area contributed by atoms with Crippen LogP contribution in [0.3, 0.4) is 0 Å². The quantitative estimate of drug-likeness (QED) is 0.760. The van der Waals surface area contributed by atoms with Crippen molar-refractivity contribution in [3.05, 3.63) is 71.6 Å². The number of oxazole rings is 1. The summed E-state index contributed by atoms with van der Waals surface area (Å²) in [6, 6.07) is 17.4. The van der Waals surface area contributed by atoms with Gasteiger partial charge in [0.15, 0.2) is 0 Å². The Morgan fingerprint density at radius 3 is 2.70 bits per heavy atom. The fourth-order valence-corrected chi connectivity index (χ4v) is 2.08. The molecule has 0 aliphatic carbocycles. The van der Waals surface area contributed by atoms with E-state index in [1.165, 1.54) is 0 Å². The lowest BCUT2D eigenvalue weighted by atomic mass is 10.2. The molecule has 0 aliphatic rings. The molecule has 0 bridgehead atoms. The molecule has 0 spiro atoms. The molecule has 0 radical (unpaired) electrons. The molecule has 0 saturated heterocycles. The van der Waals surface area contributed by atoms with Crippen LogP contribution >= 0.6 is 11.6 Å². The first-order valence-corrected chi connectivity index (χ1v) is 6.68. The number of nitrogens with zero attached hydrogens (tertiary/aromatic N) is 1. The molecule has 0 amide bonds. The van der Waals surface area contributed by atoms with Gasteiger partial charge in [0.2, 0.25) is 5.89 Å². The maximum Gasteiger partial charge on any atom is 0.226 e. The first-order chi connectivity index (χ1) is 9.81. The van der Waals surface area contributed by atoms with Crippen LogP contribution in [0.5, 0.6) is 0 Å². The Bertz CT molecular complexity index is 694. The molecule has 3 nitrogen and oxygen atoms in total. The minimum atomic E-state index is 0.594. The zero-order chi connectivity index (χ0) is 13.8. The third-order valence-electron chi connectivity index (χ3n) is 2.87. The first kappa shape index (κ1) is 12.8. The summed E-state index contributed by atoms with van der Waals surface area (Å²) >= 11 is 5.94. The predicted octanol–water partition coefficient (Wildman–Crippen LogP) is 4.61. The topological polar surface area (TPSA) is 38.1 Å². The average molecular weight is 285 g/mol. The Balaban J connectivity index is 1.69. The molecule has 2 aromatic carbocycles. The minimum Gasteiger partial charge on any atom is -0.444 e. The summed E-state index contributed by atoms with van der Waals surface area (Å²) in [5, 5.41) is 3.97. The molecule has 0 fully saturated rings. The Labute approximate surface area is 122 Å². The van der Waals surface area contributed by atoms with Crippen LogP contribution in [0.25, 0.3) is 11.5 Å². The van der Waals surface area contributed by atoms with Gasteiger partial charge in [-0.1, -0.05) is 35.9 Å². The molecule has 3 rings (SSSR count). The van der Waals surface area contributed by atoms with Crippen molar-refractivity contribution in [2.45, 2.75) is 6.54 Å². The van der Waals surface area contributed by atoms with Gasteiger partial charge in [-0.15, -0.1) is 0 Å². The third-order valence-corrected chi connectivity index (χ3v) is 3.11. The van der Waals surface area contributed by atoms with Gasteiger partial charge in [-0.3, -0.25) is 0 Å². The van der Waals surface area contributed by atoms with E-state index in [0.29, 0.717) is 17.5 Å². The Morgan fingerprint density at radius 2 is 1.90 bits per heavy atom. The number of hydrogen-bond acceptors (Lipinski definition) is 3. The molecule has 3 aromatic rings. The summed E-state index contributed by atoms with van der Waals surface area (Å²) in [4.78, 5) is 4.46. The molecule has 100 valence electrons. The number of benzene rings is 2. The van der Waals surface area contributed by atoms with Crippen molar-refractivity contribution in [3.8, 4) is 11.5 Å². The molecule has 0 atom stereocenters. The highest BCUT2D eigenvalue weighted by Gasteiger charge is 2.05. The normalized spacial score (nSPS) is 10.4. The van der Waals surface area contributed by atoms with Crippen molar-refractivity contribution in [1.82, 2.24) is 4.98 Å². The highest BCUT2D eigenvalue weighted by Crippen LogP contribution is 2.19. The fourth-order valence-electron chi connectivity index (χ4n) is 1.89. The van der Waals surface area contributed by atoms with Gasteiger partial charge in [0.05, 0.1) is 12.2 Å². The van der Waals surface area contributed by atoms with Crippen LogP contribution in [-0.2, 0) is 6.54 Å². The van der Waals surface area contributed by atoms with E-state index in [1.807, 2.05) is 54.6 Å². The lowest BCUT2D eigenvalue weighted by molar-refractivity contribution is 0.573. The molecule has 1 N–H and O–H groups in total. The fraction of sp³-hybridized carbons (Fsp3) is 0.0625. The van der Waals surface area contributed by atoms with E-state index in [1.54, 1.807) is 6.26 Å². The highest BCUT2D eigenvalue weighted by molar-refractivity contribution is 6.30. The smallest absolute Gasteiger partial charge is 0.226 e. The van der Waals surface area contributed by atoms with E-state index in [0.717, 1.165) is 16.9 Å². The zero-order valence-corrected chi connectivity index (χ0v) is 11.5. The second-order valence-corrected chi connectivity index (χ2v) is 4.81. The maximum atomic E-state index is 5.94. The summed E-state index contributed by atoms with van der Waals surface area (Å²) in [7, 11) is 0. The molecule has 0 unspecified atom stereocenters. The van der Waals surface area contributed by atoms with Gasteiger partial charge in [-0.05, 0) is 30.3 Å². The Morgan fingerprint density at radius 1 is 1.05 bits per heavy atom. The number of aromatic nitrogens is 1. The summed E-state index contributed by atoms with van der Waals surface area (Å²) in [5.74, 6) is 0.633. The Hall–Kier alpha value is -2.26. The van der Waals surface area contributed by atoms with E-state index in [2.05, 4.69) is 10.3 Å². The zero-order valence-electron chi connectivity index (χ0n) is 10.7. The molecule has 1 aromatic heterocycles. The van der Waals surface area contributed by atoms with Crippen LogP contribution in [0.4, 0.5) is 5.69 Å². The second kappa shape index (κ2) is 5.80. The lowest BCUT2D eigenvalue weighted by Crippen LogP contribution is -1.99. The molecule has 20 heavy (non-hydrogen) atoms. The van der Waals surface area contributed by atoms with Crippen LogP contribution in [0.2, 0.25) is 5.02 Å². The van der Waals surface area contributed by atoms with Gasteiger partial charge >= 0.3 is 0 Å². The summed E-state index contributed by atoms with van der Waals surface area (Å²) in [6.07, 6.45) is 1.67. The van der Waals surface area contributed by atoms with Crippen molar-refractivity contribution in [1.29, 1.82) is 0 Å². The van der Waals surface area contributed by atoms with Gasteiger partial charge in [0, 0.05) is 16.3 Å². The maximum absolute atomic E-state index is 5.94. The molecular weight excluding hydrogens is 272 g/mol. The standard InChI is InChI=1S/C16H13ClN2O/c17-13-7-4-8-14(9-13)18-10-15-11-20-16(19-15)12-5-2-1-3-6-12/h1-9,11,18H,10H2. The third kappa shape index (κ3) is 3.00. The van der Waals surface area contributed by atoms with Gasteiger partial charge in [-0.2, -0.15) is 0 Å². The van der Waals surface area contributed by atoms with Crippen molar-refractivity contribution in [3.63, 3.8) is 0 Å². The largest absolute Gasteiger partial charge is 0.444 e. The minimum absolute atomic E-state index is 0.594. The van der Waals surface area contributed by atoms with Crippen molar-refractivity contribution < 1.29 is 4.42 Å². The monoisotopic (exact) mass is 284 g/mol. The number of halogens is 1. The van der Waals surface area contributed by atoms with Crippen LogP contribution < -0.4 is 5.32 Å². The molecule has 0 saturated carbocycles.